The van der Waals surface area contributed by atoms with E-state index in [1.165, 1.54) is 6.07 Å². The first kappa shape index (κ1) is 15.1. The van der Waals surface area contributed by atoms with E-state index in [0.29, 0.717) is 11.3 Å². The van der Waals surface area contributed by atoms with Gasteiger partial charge in [0, 0.05) is 12.2 Å². The van der Waals surface area contributed by atoms with Gasteiger partial charge in [-0.05, 0) is 31.7 Å². The molecule has 0 atom stereocenters. The van der Waals surface area contributed by atoms with Crippen LogP contribution in [0.15, 0.2) is 18.2 Å². The highest BCUT2D eigenvalue weighted by Gasteiger charge is 2.09. The molecule has 0 saturated heterocycles. The van der Waals surface area contributed by atoms with Gasteiger partial charge in [0.2, 0.25) is 5.91 Å². The van der Waals surface area contributed by atoms with Crippen molar-refractivity contribution in [2.24, 2.45) is 0 Å². The van der Waals surface area contributed by atoms with E-state index in [1.54, 1.807) is 31.0 Å². The SMILES string of the molecule is Cc1ccc(NC(=O)CN(C)CCC(=O)O)cc1F. The molecule has 0 aromatic heterocycles. The number of carboxylic acids is 1. The van der Waals surface area contributed by atoms with Gasteiger partial charge in [0.15, 0.2) is 0 Å². The van der Waals surface area contributed by atoms with Crippen molar-refractivity contribution in [2.45, 2.75) is 13.3 Å². The van der Waals surface area contributed by atoms with E-state index >= 15 is 0 Å². The van der Waals surface area contributed by atoms with Gasteiger partial charge in [-0.3, -0.25) is 14.5 Å². The smallest absolute Gasteiger partial charge is 0.304 e. The number of likely N-dealkylation sites (N-methyl/N-ethyl adjacent to an activating group) is 1. The molecule has 0 radical (unpaired) electrons. The molecule has 1 aromatic carbocycles. The Morgan fingerprint density at radius 2 is 2.11 bits per heavy atom. The fraction of sp³-hybridized carbons (Fsp3) is 0.385. The predicted molar refractivity (Wildman–Crippen MR) is 69.5 cm³/mol. The minimum atomic E-state index is -0.909. The molecule has 0 bridgehead atoms. The molecule has 0 fully saturated rings. The molecule has 0 aliphatic rings. The molecule has 1 aromatic rings. The number of aryl methyl sites for hydroxylation is 1. The topological polar surface area (TPSA) is 69.6 Å². The van der Waals surface area contributed by atoms with Crippen LogP contribution >= 0.6 is 0 Å². The van der Waals surface area contributed by atoms with E-state index in [2.05, 4.69) is 5.32 Å². The van der Waals surface area contributed by atoms with Crippen molar-refractivity contribution in [1.82, 2.24) is 4.90 Å². The van der Waals surface area contributed by atoms with Crippen molar-refractivity contribution < 1.29 is 19.1 Å². The second-order valence-corrected chi connectivity index (χ2v) is 4.39. The number of nitrogens with one attached hydrogen (secondary N) is 1. The first-order chi connectivity index (χ1) is 8.88. The average molecular weight is 268 g/mol. The van der Waals surface area contributed by atoms with E-state index < -0.39 is 5.97 Å². The molecule has 1 rings (SSSR count). The molecular weight excluding hydrogens is 251 g/mol. The number of benzene rings is 1. The molecule has 1 amide bonds. The van der Waals surface area contributed by atoms with Crippen LogP contribution < -0.4 is 5.32 Å². The number of hydrogen-bond donors (Lipinski definition) is 2. The van der Waals surface area contributed by atoms with Crippen LogP contribution in [-0.4, -0.2) is 42.0 Å². The third-order valence-electron chi connectivity index (χ3n) is 2.58. The standard InChI is InChI=1S/C13H17FN2O3/c1-9-3-4-10(7-11(9)14)15-12(17)8-16(2)6-5-13(18)19/h3-4,7H,5-6,8H2,1-2H3,(H,15,17)(H,18,19). The molecule has 0 aliphatic heterocycles. The Morgan fingerprint density at radius 1 is 1.42 bits per heavy atom. The lowest BCUT2D eigenvalue weighted by Crippen LogP contribution is -2.31. The monoisotopic (exact) mass is 268 g/mol. The number of hydrogen-bond acceptors (Lipinski definition) is 3. The van der Waals surface area contributed by atoms with E-state index in [1.807, 2.05) is 0 Å². The summed E-state index contributed by atoms with van der Waals surface area (Å²) in [5.41, 5.74) is 0.899. The summed E-state index contributed by atoms with van der Waals surface area (Å²) in [6.07, 6.45) is -0.0249. The van der Waals surface area contributed by atoms with Crippen molar-refractivity contribution in [3.63, 3.8) is 0 Å². The summed E-state index contributed by atoms with van der Waals surface area (Å²) in [5.74, 6) is -1.60. The van der Waals surface area contributed by atoms with Crippen LogP contribution in [0, 0.1) is 12.7 Å². The summed E-state index contributed by atoms with van der Waals surface area (Å²) in [7, 11) is 1.65. The fourth-order valence-electron chi connectivity index (χ4n) is 1.48. The lowest BCUT2D eigenvalue weighted by atomic mass is 10.2. The second kappa shape index (κ2) is 6.84. The van der Waals surface area contributed by atoms with Crippen LogP contribution in [0.4, 0.5) is 10.1 Å². The Balaban J connectivity index is 2.46. The summed E-state index contributed by atoms with van der Waals surface area (Å²) in [4.78, 5) is 23.6. The molecular formula is C13H17FN2O3. The maximum atomic E-state index is 13.3. The number of nitrogens with zero attached hydrogens (tertiary/aromatic N) is 1. The summed E-state index contributed by atoms with van der Waals surface area (Å²) in [6.45, 7) is 1.98. The van der Waals surface area contributed by atoms with Gasteiger partial charge in [-0.2, -0.15) is 0 Å². The molecule has 2 N–H and O–H groups in total. The maximum absolute atomic E-state index is 13.3. The van der Waals surface area contributed by atoms with E-state index in [0.717, 1.165) is 0 Å². The maximum Gasteiger partial charge on any atom is 0.304 e. The third-order valence-corrected chi connectivity index (χ3v) is 2.58. The number of carbonyl (C=O) groups is 2. The zero-order valence-electron chi connectivity index (χ0n) is 10.9. The molecule has 19 heavy (non-hydrogen) atoms. The minimum absolute atomic E-state index is 0.0249. The van der Waals surface area contributed by atoms with Crippen LogP contribution in [0.3, 0.4) is 0 Å². The Morgan fingerprint density at radius 3 is 2.68 bits per heavy atom. The molecule has 0 heterocycles. The molecule has 0 saturated carbocycles. The molecule has 0 aliphatic carbocycles. The average Bonchev–Trinajstić information content (AvgIpc) is 2.31. The predicted octanol–water partition coefficient (Wildman–Crippen LogP) is 1.48. The highest BCUT2D eigenvalue weighted by molar-refractivity contribution is 5.92. The van der Waals surface area contributed by atoms with Crippen LogP contribution in [0.25, 0.3) is 0 Å². The number of aliphatic carboxylic acids is 1. The zero-order valence-corrected chi connectivity index (χ0v) is 10.9. The van der Waals surface area contributed by atoms with E-state index in [9.17, 15) is 14.0 Å². The van der Waals surface area contributed by atoms with Crippen LogP contribution in [-0.2, 0) is 9.59 Å². The number of halogens is 1. The van der Waals surface area contributed by atoms with Gasteiger partial charge in [-0.25, -0.2) is 4.39 Å². The van der Waals surface area contributed by atoms with Crippen molar-refractivity contribution in [2.75, 3.05) is 25.5 Å². The van der Waals surface area contributed by atoms with Crippen molar-refractivity contribution in [3.05, 3.63) is 29.6 Å². The van der Waals surface area contributed by atoms with Crippen molar-refractivity contribution >= 4 is 17.6 Å². The second-order valence-electron chi connectivity index (χ2n) is 4.39. The summed E-state index contributed by atoms with van der Waals surface area (Å²) >= 11 is 0. The van der Waals surface area contributed by atoms with Crippen LogP contribution in [0.1, 0.15) is 12.0 Å². The third kappa shape index (κ3) is 5.48. The highest BCUT2D eigenvalue weighted by atomic mass is 19.1. The van der Waals surface area contributed by atoms with Crippen LogP contribution in [0.5, 0.6) is 0 Å². The Labute approximate surface area is 111 Å². The van der Waals surface area contributed by atoms with Gasteiger partial charge in [0.1, 0.15) is 5.82 Å². The Bertz CT molecular complexity index is 477. The number of carbonyl (C=O) groups excluding carboxylic acids is 1. The molecule has 104 valence electrons. The fourth-order valence-corrected chi connectivity index (χ4v) is 1.48. The molecule has 0 unspecified atom stereocenters. The first-order valence-electron chi connectivity index (χ1n) is 5.85. The van der Waals surface area contributed by atoms with Gasteiger partial charge < -0.3 is 10.4 Å². The summed E-state index contributed by atoms with van der Waals surface area (Å²) in [6, 6.07) is 4.46. The lowest BCUT2D eigenvalue weighted by Gasteiger charge is -2.15. The number of carboxylic acid groups (broad SMARTS) is 1. The number of anilines is 1. The number of rotatable bonds is 6. The Hall–Kier alpha value is -1.95. The number of amides is 1. The minimum Gasteiger partial charge on any atom is -0.481 e. The highest BCUT2D eigenvalue weighted by Crippen LogP contribution is 2.13. The van der Waals surface area contributed by atoms with E-state index in [4.69, 9.17) is 5.11 Å². The van der Waals surface area contributed by atoms with Crippen molar-refractivity contribution in [1.29, 1.82) is 0 Å². The Kier molecular flexibility index (Phi) is 5.44. The summed E-state index contributed by atoms with van der Waals surface area (Å²) in [5, 5.41) is 11.1. The van der Waals surface area contributed by atoms with Gasteiger partial charge in [0.05, 0.1) is 13.0 Å². The summed E-state index contributed by atoms with van der Waals surface area (Å²) < 4.78 is 13.3. The zero-order chi connectivity index (χ0) is 14.4. The largest absolute Gasteiger partial charge is 0.481 e. The van der Waals surface area contributed by atoms with E-state index in [-0.39, 0.29) is 31.2 Å². The molecule has 5 nitrogen and oxygen atoms in total. The van der Waals surface area contributed by atoms with Gasteiger partial charge in [-0.15, -0.1) is 0 Å². The first-order valence-corrected chi connectivity index (χ1v) is 5.85. The molecule has 0 spiro atoms. The lowest BCUT2D eigenvalue weighted by molar-refractivity contribution is -0.137. The van der Waals surface area contributed by atoms with Crippen LogP contribution in [0.2, 0.25) is 0 Å². The van der Waals surface area contributed by atoms with Crippen molar-refractivity contribution in [3.8, 4) is 0 Å². The van der Waals surface area contributed by atoms with Gasteiger partial charge >= 0.3 is 5.97 Å². The molecule has 6 heteroatoms. The van der Waals surface area contributed by atoms with Gasteiger partial charge in [-0.1, -0.05) is 6.07 Å². The normalized spacial score (nSPS) is 10.5. The quantitative estimate of drug-likeness (QED) is 0.820. The van der Waals surface area contributed by atoms with Gasteiger partial charge in [0.25, 0.3) is 0 Å².